The molecule has 0 spiro atoms. The highest BCUT2D eigenvalue weighted by molar-refractivity contribution is 6.07. The number of fused-ring (bicyclic) bond motifs is 1. The van der Waals surface area contributed by atoms with Crippen molar-refractivity contribution in [3.63, 3.8) is 0 Å². The quantitative estimate of drug-likeness (QED) is 0.651. The number of hydrogen-bond donors (Lipinski definition) is 1. The van der Waals surface area contributed by atoms with Crippen LogP contribution in [0.2, 0.25) is 0 Å². The van der Waals surface area contributed by atoms with Crippen molar-refractivity contribution >= 4 is 16.7 Å². The van der Waals surface area contributed by atoms with Crippen molar-refractivity contribution in [2.75, 3.05) is 20.2 Å². The van der Waals surface area contributed by atoms with Gasteiger partial charge in [0.05, 0.1) is 12.6 Å². The second-order valence-electron chi connectivity index (χ2n) is 6.36. The Hall–Kier alpha value is -2.20. The average Bonchev–Trinajstić information content (AvgIpc) is 2.65. The monoisotopic (exact) mass is 324 g/mol. The van der Waals surface area contributed by atoms with Crippen LogP contribution < -0.4 is 10.1 Å². The van der Waals surface area contributed by atoms with Crippen molar-refractivity contribution in [3.8, 4) is 5.75 Å². The Kier molecular flexibility index (Phi) is 5.26. The second kappa shape index (κ2) is 7.58. The van der Waals surface area contributed by atoms with Crippen molar-refractivity contribution in [2.24, 2.45) is 11.8 Å². The van der Waals surface area contributed by atoms with Gasteiger partial charge in [0, 0.05) is 30.1 Å². The van der Waals surface area contributed by atoms with Gasteiger partial charge in [0.25, 0.3) is 0 Å². The third-order valence-electron chi connectivity index (χ3n) is 4.97. The molecule has 3 rings (SSSR count). The lowest BCUT2D eigenvalue weighted by Gasteiger charge is -2.29. The van der Waals surface area contributed by atoms with Crippen molar-refractivity contribution < 1.29 is 9.53 Å². The summed E-state index contributed by atoms with van der Waals surface area (Å²) >= 11 is 0. The molecule has 1 fully saturated rings. The Morgan fingerprint density at radius 1 is 1.46 bits per heavy atom. The van der Waals surface area contributed by atoms with Crippen LogP contribution in [0.5, 0.6) is 5.75 Å². The number of benzene rings is 1. The summed E-state index contributed by atoms with van der Waals surface area (Å²) in [6.45, 7) is 5.93. The van der Waals surface area contributed by atoms with Crippen LogP contribution in [0, 0.1) is 11.8 Å². The average molecular weight is 324 g/mol. The number of carbonyl (C=O) groups excluding carboxylic acids is 1. The zero-order valence-corrected chi connectivity index (χ0v) is 14.1. The minimum Gasteiger partial charge on any atom is -0.497 e. The first kappa shape index (κ1) is 16.7. The molecule has 0 amide bonds. The molecule has 0 bridgehead atoms. The molecule has 24 heavy (non-hydrogen) atoms. The van der Waals surface area contributed by atoms with Crippen molar-refractivity contribution in [1.29, 1.82) is 0 Å². The Balaban J connectivity index is 1.77. The maximum Gasteiger partial charge on any atom is 0.163 e. The molecule has 1 aliphatic heterocycles. The van der Waals surface area contributed by atoms with E-state index in [2.05, 4.69) is 16.9 Å². The fourth-order valence-corrected chi connectivity index (χ4v) is 3.52. The second-order valence-corrected chi connectivity index (χ2v) is 6.36. The molecule has 2 aromatic rings. The summed E-state index contributed by atoms with van der Waals surface area (Å²) in [4.78, 5) is 17.1. The predicted octanol–water partition coefficient (Wildman–Crippen LogP) is 3.62. The summed E-state index contributed by atoms with van der Waals surface area (Å²) in [5, 5.41) is 4.26. The van der Waals surface area contributed by atoms with Crippen LogP contribution in [-0.2, 0) is 0 Å². The van der Waals surface area contributed by atoms with Gasteiger partial charge in [0.2, 0.25) is 0 Å². The molecule has 0 saturated carbocycles. The largest absolute Gasteiger partial charge is 0.497 e. The van der Waals surface area contributed by atoms with Gasteiger partial charge in [-0.15, -0.1) is 6.58 Å². The van der Waals surface area contributed by atoms with Gasteiger partial charge in [-0.3, -0.25) is 9.78 Å². The highest BCUT2D eigenvalue weighted by atomic mass is 16.5. The normalized spacial score (nSPS) is 20.7. The van der Waals surface area contributed by atoms with Crippen LogP contribution in [0.4, 0.5) is 0 Å². The maximum absolute atomic E-state index is 12.8. The molecule has 0 radical (unpaired) electrons. The molecule has 2 unspecified atom stereocenters. The number of piperidine rings is 1. The van der Waals surface area contributed by atoms with E-state index in [9.17, 15) is 4.79 Å². The van der Waals surface area contributed by atoms with E-state index < -0.39 is 0 Å². The van der Waals surface area contributed by atoms with Gasteiger partial charge < -0.3 is 10.1 Å². The number of nitrogens with zero attached hydrogens (tertiary/aromatic N) is 1. The number of aromatic nitrogens is 1. The first-order valence-electron chi connectivity index (χ1n) is 8.52. The molecule has 4 heteroatoms. The van der Waals surface area contributed by atoms with E-state index in [1.807, 2.05) is 30.3 Å². The molecular weight excluding hydrogens is 300 g/mol. The van der Waals surface area contributed by atoms with E-state index in [0.717, 1.165) is 48.1 Å². The number of Topliss-reactive ketones (excluding diaryl/α,β-unsaturated/α-hetero) is 1. The summed E-state index contributed by atoms with van der Waals surface area (Å²) in [5.41, 5.74) is 1.57. The number of ether oxygens (including phenoxy) is 1. The Morgan fingerprint density at radius 2 is 2.33 bits per heavy atom. The number of ketones is 1. The molecule has 1 aromatic carbocycles. The predicted molar refractivity (Wildman–Crippen MR) is 96.5 cm³/mol. The van der Waals surface area contributed by atoms with Gasteiger partial charge in [-0.1, -0.05) is 6.08 Å². The lowest BCUT2D eigenvalue weighted by Crippen LogP contribution is -2.35. The van der Waals surface area contributed by atoms with Crippen molar-refractivity contribution in [2.45, 2.75) is 19.3 Å². The highest BCUT2D eigenvalue weighted by Crippen LogP contribution is 2.28. The summed E-state index contributed by atoms with van der Waals surface area (Å²) in [6.07, 6.45) is 6.30. The number of carbonyl (C=O) groups is 1. The fourth-order valence-electron chi connectivity index (χ4n) is 3.52. The van der Waals surface area contributed by atoms with Gasteiger partial charge in [0.1, 0.15) is 5.75 Å². The first-order valence-corrected chi connectivity index (χ1v) is 8.52. The molecule has 0 aliphatic carbocycles. The number of pyridine rings is 1. The van der Waals surface area contributed by atoms with E-state index in [1.54, 1.807) is 13.3 Å². The summed E-state index contributed by atoms with van der Waals surface area (Å²) in [5.74, 6) is 1.92. The van der Waals surface area contributed by atoms with Gasteiger partial charge in [-0.25, -0.2) is 0 Å². The third kappa shape index (κ3) is 3.49. The molecule has 1 aromatic heterocycles. The Bertz CT molecular complexity index is 741. The summed E-state index contributed by atoms with van der Waals surface area (Å²) in [7, 11) is 1.63. The molecule has 4 nitrogen and oxygen atoms in total. The van der Waals surface area contributed by atoms with E-state index in [4.69, 9.17) is 4.74 Å². The Morgan fingerprint density at radius 3 is 3.12 bits per heavy atom. The molecule has 1 N–H and O–H groups in total. The topological polar surface area (TPSA) is 51.2 Å². The molecule has 1 aliphatic rings. The number of methoxy groups -OCH3 is 1. The van der Waals surface area contributed by atoms with Gasteiger partial charge >= 0.3 is 0 Å². The van der Waals surface area contributed by atoms with Gasteiger partial charge in [-0.05, 0) is 55.5 Å². The van der Waals surface area contributed by atoms with E-state index in [-0.39, 0.29) is 5.78 Å². The molecule has 126 valence electrons. The maximum atomic E-state index is 12.8. The fraction of sp³-hybridized carbons (Fsp3) is 0.400. The van der Waals surface area contributed by atoms with Gasteiger partial charge in [0.15, 0.2) is 5.78 Å². The van der Waals surface area contributed by atoms with Crippen LogP contribution in [0.15, 0.2) is 43.1 Å². The van der Waals surface area contributed by atoms with E-state index >= 15 is 0 Å². The SMILES string of the molecule is C=CC1CNCCC1CCC(=O)c1ccnc2ccc(OC)cc12. The first-order chi connectivity index (χ1) is 11.7. The van der Waals surface area contributed by atoms with Crippen molar-refractivity contribution in [1.82, 2.24) is 10.3 Å². The van der Waals surface area contributed by atoms with Crippen LogP contribution in [0.1, 0.15) is 29.6 Å². The Labute approximate surface area is 142 Å². The van der Waals surface area contributed by atoms with Crippen LogP contribution in [-0.4, -0.2) is 31.0 Å². The van der Waals surface area contributed by atoms with Crippen LogP contribution >= 0.6 is 0 Å². The number of nitrogens with one attached hydrogen (secondary N) is 1. The molecule has 1 saturated heterocycles. The van der Waals surface area contributed by atoms with Gasteiger partial charge in [-0.2, -0.15) is 0 Å². The standard InChI is InChI=1S/C20H24N2O2/c1-3-14-13-21-10-8-15(14)4-7-20(23)17-9-11-22-19-6-5-16(24-2)12-18(17)19/h3,5-6,9,11-12,14-15,21H,1,4,7-8,10,13H2,2H3. The van der Waals surface area contributed by atoms with Crippen LogP contribution in [0.25, 0.3) is 10.9 Å². The number of hydrogen-bond acceptors (Lipinski definition) is 4. The highest BCUT2D eigenvalue weighted by Gasteiger charge is 2.23. The number of rotatable bonds is 6. The zero-order chi connectivity index (χ0) is 16.9. The van der Waals surface area contributed by atoms with Crippen molar-refractivity contribution in [3.05, 3.63) is 48.7 Å². The lowest BCUT2D eigenvalue weighted by atomic mass is 9.82. The summed E-state index contributed by atoms with van der Waals surface area (Å²) in [6, 6.07) is 7.48. The molecular formula is C20H24N2O2. The van der Waals surface area contributed by atoms with E-state index in [0.29, 0.717) is 18.3 Å². The minimum atomic E-state index is 0.178. The molecule has 2 heterocycles. The molecule has 2 atom stereocenters. The minimum absolute atomic E-state index is 0.178. The third-order valence-corrected chi connectivity index (χ3v) is 4.97. The zero-order valence-electron chi connectivity index (χ0n) is 14.1. The van der Waals surface area contributed by atoms with E-state index in [1.165, 1.54) is 0 Å². The lowest BCUT2D eigenvalue weighted by molar-refractivity contribution is 0.0968. The smallest absolute Gasteiger partial charge is 0.163 e. The van der Waals surface area contributed by atoms with Crippen LogP contribution in [0.3, 0.4) is 0 Å². The summed E-state index contributed by atoms with van der Waals surface area (Å²) < 4.78 is 5.28.